The predicted octanol–water partition coefficient (Wildman–Crippen LogP) is -0.515. The van der Waals surface area contributed by atoms with Crippen molar-refractivity contribution in [3.05, 3.63) is 0 Å². The molecular weight excluding hydrogens is 170 g/mol. The number of aliphatic hydroxyl groups is 1. The first-order valence-corrected chi connectivity index (χ1v) is 4.50. The second kappa shape index (κ2) is 4.43. The normalized spacial score (nSPS) is 20.2. The van der Waals surface area contributed by atoms with Crippen molar-refractivity contribution in [3.63, 3.8) is 0 Å². The highest BCUT2D eigenvalue weighted by molar-refractivity contribution is 5.81. The van der Waals surface area contributed by atoms with E-state index < -0.39 is 0 Å². The van der Waals surface area contributed by atoms with Gasteiger partial charge < -0.3 is 21.4 Å². The zero-order chi connectivity index (χ0) is 9.73. The first-order chi connectivity index (χ1) is 6.22. The summed E-state index contributed by atoms with van der Waals surface area (Å²) in [5, 5.41) is 23.0. The number of amidine groups is 1. The number of nitrogens with one attached hydrogen (secondary N) is 1. The lowest BCUT2D eigenvalue weighted by Gasteiger charge is -2.13. The molecule has 5 nitrogen and oxygen atoms in total. The van der Waals surface area contributed by atoms with Crippen LogP contribution in [0.2, 0.25) is 0 Å². The van der Waals surface area contributed by atoms with Crippen LogP contribution in [-0.2, 0) is 0 Å². The number of nitrogens with zero attached hydrogens (tertiary/aromatic N) is 1. The van der Waals surface area contributed by atoms with E-state index in [4.69, 9.17) is 16.0 Å². The molecule has 0 atom stereocenters. The van der Waals surface area contributed by atoms with E-state index in [-0.39, 0.29) is 17.9 Å². The highest BCUT2D eigenvalue weighted by Gasteiger charge is 2.41. The summed E-state index contributed by atoms with van der Waals surface area (Å²) in [5.74, 6) is 0.194. The fourth-order valence-electron chi connectivity index (χ4n) is 1.42. The molecule has 5 N–H and O–H groups in total. The van der Waals surface area contributed by atoms with Crippen LogP contribution >= 0.6 is 0 Å². The molecule has 0 aromatic rings. The van der Waals surface area contributed by atoms with E-state index in [0.29, 0.717) is 6.54 Å². The standard InChI is InChI=1S/C8H17N3O2/c9-7(11-13)5-10-6-8(1-2-8)3-4-12/h10,12-13H,1-6H2,(H2,9,11). The first-order valence-electron chi connectivity index (χ1n) is 4.50. The Kier molecular flexibility index (Phi) is 3.50. The molecule has 1 aliphatic carbocycles. The van der Waals surface area contributed by atoms with Crippen LogP contribution in [0, 0.1) is 5.41 Å². The van der Waals surface area contributed by atoms with Gasteiger partial charge in [0.15, 0.2) is 5.84 Å². The lowest BCUT2D eigenvalue weighted by molar-refractivity contribution is 0.246. The van der Waals surface area contributed by atoms with Gasteiger partial charge in [0.1, 0.15) is 0 Å². The van der Waals surface area contributed by atoms with Crippen molar-refractivity contribution in [2.75, 3.05) is 19.7 Å². The molecule has 1 rings (SSSR count). The molecule has 0 aromatic heterocycles. The Hall–Kier alpha value is -0.810. The number of aliphatic hydroxyl groups excluding tert-OH is 1. The number of oxime groups is 1. The average molecular weight is 187 g/mol. The van der Waals surface area contributed by atoms with Crippen LogP contribution in [0.5, 0.6) is 0 Å². The third-order valence-electron chi connectivity index (χ3n) is 2.53. The molecule has 0 saturated heterocycles. The van der Waals surface area contributed by atoms with Crippen molar-refractivity contribution in [2.24, 2.45) is 16.3 Å². The Labute approximate surface area is 77.6 Å². The molecule has 76 valence electrons. The minimum atomic E-state index is 0.194. The van der Waals surface area contributed by atoms with E-state index in [1.54, 1.807) is 0 Å². The minimum absolute atomic E-state index is 0.194. The summed E-state index contributed by atoms with van der Waals surface area (Å²) < 4.78 is 0. The topological polar surface area (TPSA) is 90.9 Å². The highest BCUT2D eigenvalue weighted by atomic mass is 16.4. The maximum absolute atomic E-state index is 8.78. The Bertz CT molecular complexity index is 190. The molecule has 1 saturated carbocycles. The van der Waals surface area contributed by atoms with Crippen molar-refractivity contribution in [2.45, 2.75) is 19.3 Å². The van der Waals surface area contributed by atoms with Crippen molar-refractivity contribution in [1.29, 1.82) is 0 Å². The Morgan fingerprint density at radius 1 is 1.54 bits per heavy atom. The van der Waals surface area contributed by atoms with Gasteiger partial charge in [-0.1, -0.05) is 5.16 Å². The van der Waals surface area contributed by atoms with Crippen LogP contribution in [0.25, 0.3) is 0 Å². The van der Waals surface area contributed by atoms with Gasteiger partial charge in [0.25, 0.3) is 0 Å². The molecule has 13 heavy (non-hydrogen) atoms. The highest BCUT2D eigenvalue weighted by Crippen LogP contribution is 2.47. The number of rotatable bonds is 6. The second-order valence-corrected chi connectivity index (χ2v) is 3.67. The summed E-state index contributed by atoms with van der Waals surface area (Å²) in [5.41, 5.74) is 5.57. The monoisotopic (exact) mass is 187 g/mol. The fourth-order valence-corrected chi connectivity index (χ4v) is 1.42. The van der Waals surface area contributed by atoms with Crippen LogP contribution in [0.15, 0.2) is 5.16 Å². The van der Waals surface area contributed by atoms with Crippen molar-refractivity contribution in [1.82, 2.24) is 5.32 Å². The maximum Gasteiger partial charge on any atom is 0.153 e. The van der Waals surface area contributed by atoms with Gasteiger partial charge in [-0.2, -0.15) is 0 Å². The quantitative estimate of drug-likeness (QED) is 0.195. The third kappa shape index (κ3) is 3.20. The van der Waals surface area contributed by atoms with Gasteiger partial charge >= 0.3 is 0 Å². The SMILES string of the molecule is NC(CNCC1(CCO)CC1)=NO. The first kappa shape index (κ1) is 10.3. The molecule has 0 aromatic carbocycles. The van der Waals surface area contributed by atoms with Gasteiger partial charge in [-0.3, -0.25) is 0 Å². The summed E-state index contributed by atoms with van der Waals surface area (Å²) in [6.45, 7) is 1.48. The molecule has 0 amide bonds. The zero-order valence-electron chi connectivity index (χ0n) is 7.66. The van der Waals surface area contributed by atoms with Crippen molar-refractivity contribution < 1.29 is 10.3 Å². The Morgan fingerprint density at radius 3 is 2.69 bits per heavy atom. The van der Waals surface area contributed by atoms with E-state index in [0.717, 1.165) is 25.8 Å². The van der Waals surface area contributed by atoms with Gasteiger partial charge in [0, 0.05) is 13.2 Å². The maximum atomic E-state index is 8.78. The molecule has 0 spiro atoms. The van der Waals surface area contributed by atoms with E-state index in [1.165, 1.54) is 0 Å². The number of nitrogens with two attached hydrogens (primary N) is 1. The molecule has 0 radical (unpaired) electrons. The average Bonchev–Trinajstić information content (AvgIpc) is 2.86. The Balaban J connectivity index is 2.12. The van der Waals surface area contributed by atoms with E-state index in [1.807, 2.05) is 0 Å². The summed E-state index contributed by atoms with van der Waals surface area (Å²) in [6, 6.07) is 0. The molecule has 1 aliphatic rings. The molecule has 0 bridgehead atoms. The van der Waals surface area contributed by atoms with Gasteiger partial charge in [-0.15, -0.1) is 0 Å². The van der Waals surface area contributed by atoms with Crippen LogP contribution in [0.1, 0.15) is 19.3 Å². The van der Waals surface area contributed by atoms with Crippen LogP contribution in [-0.4, -0.2) is 35.8 Å². The van der Waals surface area contributed by atoms with Crippen LogP contribution in [0.3, 0.4) is 0 Å². The van der Waals surface area contributed by atoms with E-state index in [2.05, 4.69) is 10.5 Å². The van der Waals surface area contributed by atoms with E-state index >= 15 is 0 Å². The second-order valence-electron chi connectivity index (χ2n) is 3.67. The van der Waals surface area contributed by atoms with Crippen LogP contribution < -0.4 is 11.1 Å². The summed E-state index contributed by atoms with van der Waals surface area (Å²) in [6.07, 6.45) is 3.17. The Morgan fingerprint density at radius 2 is 2.23 bits per heavy atom. The molecule has 1 fully saturated rings. The molecular formula is C8H17N3O2. The fraction of sp³-hybridized carbons (Fsp3) is 0.875. The number of hydrogen-bond donors (Lipinski definition) is 4. The number of hydrogen-bond acceptors (Lipinski definition) is 4. The van der Waals surface area contributed by atoms with E-state index in [9.17, 15) is 0 Å². The lowest BCUT2D eigenvalue weighted by atomic mass is 10.0. The summed E-state index contributed by atoms with van der Waals surface area (Å²) in [4.78, 5) is 0. The lowest BCUT2D eigenvalue weighted by Crippen LogP contribution is -2.33. The van der Waals surface area contributed by atoms with Crippen molar-refractivity contribution in [3.8, 4) is 0 Å². The van der Waals surface area contributed by atoms with Gasteiger partial charge in [-0.05, 0) is 24.7 Å². The molecule has 0 aliphatic heterocycles. The zero-order valence-corrected chi connectivity index (χ0v) is 7.66. The van der Waals surface area contributed by atoms with Gasteiger partial charge in [0.2, 0.25) is 0 Å². The van der Waals surface area contributed by atoms with Gasteiger partial charge in [-0.25, -0.2) is 0 Å². The van der Waals surface area contributed by atoms with Gasteiger partial charge in [0.05, 0.1) is 6.54 Å². The smallest absolute Gasteiger partial charge is 0.153 e. The van der Waals surface area contributed by atoms with Crippen LogP contribution in [0.4, 0.5) is 0 Å². The molecule has 5 heteroatoms. The largest absolute Gasteiger partial charge is 0.409 e. The third-order valence-corrected chi connectivity index (χ3v) is 2.53. The summed E-state index contributed by atoms with van der Waals surface area (Å²) >= 11 is 0. The minimum Gasteiger partial charge on any atom is -0.409 e. The molecule has 0 unspecified atom stereocenters. The summed E-state index contributed by atoms with van der Waals surface area (Å²) in [7, 11) is 0. The predicted molar refractivity (Wildman–Crippen MR) is 49.6 cm³/mol. The van der Waals surface area contributed by atoms with Crippen molar-refractivity contribution >= 4 is 5.84 Å². The molecule has 0 heterocycles.